The Bertz CT molecular complexity index is 443. The molecule has 4 nitrogen and oxygen atoms in total. The third kappa shape index (κ3) is 2.70. The van der Waals surface area contributed by atoms with Crippen LogP contribution in [-0.2, 0) is 10.0 Å². The van der Waals surface area contributed by atoms with Crippen molar-refractivity contribution in [1.82, 2.24) is 0 Å². The molecule has 0 saturated carbocycles. The predicted octanol–water partition coefficient (Wildman–Crippen LogP) is 1.35. The van der Waals surface area contributed by atoms with Crippen LogP contribution < -0.4 is 9.88 Å². The fourth-order valence-corrected chi connectivity index (χ4v) is 2.13. The second kappa shape index (κ2) is 4.20. The summed E-state index contributed by atoms with van der Waals surface area (Å²) in [6.45, 7) is 6.03. The number of hydrogen-bond donors (Lipinski definition) is 1. The molecule has 1 rings (SSSR count). The van der Waals surface area contributed by atoms with Gasteiger partial charge < -0.3 is 4.74 Å². The Labute approximate surface area is 90.1 Å². The topological polar surface area (TPSA) is 69.4 Å². The Morgan fingerprint density at radius 2 is 1.73 bits per heavy atom. The number of primary sulfonamides is 1. The van der Waals surface area contributed by atoms with E-state index in [1.807, 2.05) is 6.92 Å². The second-order valence-electron chi connectivity index (χ2n) is 3.36. The Balaban J connectivity index is 3.32. The minimum atomic E-state index is -3.64. The first-order valence-corrected chi connectivity index (χ1v) is 6.17. The molecule has 0 fully saturated rings. The maximum absolute atomic E-state index is 11.1. The summed E-state index contributed by atoms with van der Waals surface area (Å²) in [6.07, 6.45) is 0. The van der Waals surface area contributed by atoms with Gasteiger partial charge in [0.15, 0.2) is 0 Å². The third-order valence-electron chi connectivity index (χ3n) is 2.05. The zero-order valence-corrected chi connectivity index (χ0v) is 9.89. The summed E-state index contributed by atoms with van der Waals surface area (Å²) in [5.41, 5.74) is 1.56. The fourth-order valence-electron chi connectivity index (χ4n) is 1.45. The summed E-state index contributed by atoms with van der Waals surface area (Å²) in [7, 11) is -3.64. The van der Waals surface area contributed by atoms with Crippen LogP contribution in [0.25, 0.3) is 0 Å². The molecule has 0 aliphatic heterocycles. The van der Waals surface area contributed by atoms with Crippen LogP contribution in [0, 0.1) is 13.8 Å². The second-order valence-corrected chi connectivity index (χ2v) is 4.93. The van der Waals surface area contributed by atoms with Gasteiger partial charge in [-0.15, -0.1) is 0 Å². The Hall–Kier alpha value is -1.07. The normalized spacial score (nSPS) is 11.5. The van der Waals surface area contributed by atoms with Gasteiger partial charge in [0.1, 0.15) is 5.75 Å². The van der Waals surface area contributed by atoms with E-state index in [-0.39, 0.29) is 4.90 Å². The molecule has 0 aliphatic carbocycles. The molecular formula is C10H15NO3S. The summed E-state index contributed by atoms with van der Waals surface area (Å²) in [5, 5.41) is 5.05. The lowest BCUT2D eigenvalue weighted by atomic mass is 10.1. The molecule has 0 spiro atoms. The highest BCUT2D eigenvalue weighted by atomic mass is 32.2. The van der Waals surface area contributed by atoms with Crippen LogP contribution in [0.4, 0.5) is 0 Å². The molecule has 0 radical (unpaired) electrons. The standard InChI is InChI=1S/C10H15NO3S/c1-4-14-10-7(2)5-9(6-8(10)3)15(11,12)13/h5-6H,4H2,1-3H3,(H2,11,12,13). The summed E-state index contributed by atoms with van der Waals surface area (Å²) < 4.78 is 27.7. The lowest BCUT2D eigenvalue weighted by Gasteiger charge is -2.11. The van der Waals surface area contributed by atoms with Crippen LogP contribution in [0.15, 0.2) is 17.0 Å². The zero-order chi connectivity index (χ0) is 11.6. The van der Waals surface area contributed by atoms with Gasteiger partial charge in [0.2, 0.25) is 10.0 Å². The average molecular weight is 229 g/mol. The summed E-state index contributed by atoms with van der Waals surface area (Å²) in [4.78, 5) is 0.126. The van der Waals surface area contributed by atoms with Gasteiger partial charge in [-0.05, 0) is 44.0 Å². The maximum atomic E-state index is 11.1. The maximum Gasteiger partial charge on any atom is 0.238 e. The van der Waals surface area contributed by atoms with Crippen molar-refractivity contribution >= 4 is 10.0 Å². The van der Waals surface area contributed by atoms with Gasteiger partial charge in [0, 0.05) is 0 Å². The molecule has 1 aromatic carbocycles. The van der Waals surface area contributed by atoms with Gasteiger partial charge in [-0.3, -0.25) is 0 Å². The first-order valence-electron chi connectivity index (χ1n) is 4.63. The number of hydrogen-bond acceptors (Lipinski definition) is 3. The first kappa shape index (κ1) is 12.0. The van der Waals surface area contributed by atoms with Gasteiger partial charge in [0.05, 0.1) is 11.5 Å². The van der Waals surface area contributed by atoms with Gasteiger partial charge in [-0.1, -0.05) is 0 Å². The summed E-state index contributed by atoms with van der Waals surface area (Å²) in [5.74, 6) is 0.727. The van der Waals surface area contributed by atoms with E-state index in [1.165, 1.54) is 12.1 Å². The number of benzene rings is 1. The van der Waals surface area contributed by atoms with E-state index >= 15 is 0 Å². The van der Waals surface area contributed by atoms with Gasteiger partial charge in [-0.25, -0.2) is 13.6 Å². The molecule has 2 N–H and O–H groups in total. The van der Waals surface area contributed by atoms with Crippen molar-refractivity contribution in [1.29, 1.82) is 0 Å². The van der Waals surface area contributed by atoms with Gasteiger partial charge in [0.25, 0.3) is 0 Å². The average Bonchev–Trinajstić information content (AvgIpc) is 2.09. The number of aryl methyl sites for hydroxylation is 2. The molecule has 0 aliphatic rings. The van der Waals surface area contributed by atoms with Crippen molar-refractivity contribution in [3.05, 3.63) is 23.3 Å². The molecule has 0 atom stereocenters. The van der Waals surface area contributed by atoms with Gasteiger partial charge >= 0.3 is 0 Å². The molecule has 5 heteroatoms. The lowest BCUT2D eigenvalue weighted by Crippen LogP contribution is -2.13. The zero-order valence-electron chi connectivity index (χ0n) is 9.07. The third-order valence-corrected chi connectivity index (χ3v) is 2.94. The van der Waals surface area contributed by atoms with Crippen LogP contribution in [0.2, 0.25) is 0 Å². The van der Waals surface area contributed by atoms with Crippen LogP contribution in [0.5, 0.6) is 5.75 Å². The molecule has 0 amide bonds. The molecule has 0 saturated heterocycles. The molecule has 15 heavy (non-hydrogen) atoms. The van der Waals surface area contributed by atoms with E-state index < -0.39 is 10.0 Å². The first-order chi connectivity index (χ1) is 6.86. The smallest absolute Gasteiger partial charge is 0.238 e. The molecule has 0 aromatic heterocycles. The summed E-state index contributed by atoms with van der Waals surface area (Å²) >= 11 is 0. The molecule has 0 bridgehead atoms. The predicted molar refractivity (Wildman–Crippen MR) is 58.5 cm³/mol. The number of sulfonamides is 1. The van der Waals surface area contributed by atoms with E-state index in [4.69, 9.17) is 9.88 Å². The minimum absolute atomic E-state index is 0.126. The van der Waals surface area contributed by atoms with Crippen LogP contribution in [0.1, 0.15) is 18.1 Å². The van der Waals surface area contributed by atoms with E-state index in [1.54, 1.807) is 13.8 Å². The Kier molecular flexibility index (Phi) is 3.36. The fraction of sp³-hybridized carbons (Fsp3) is 0.400. The highest BCUT2D eigenvalue weighted by molar-refractivity contribution is 7.89. The van der Waals surface area contributed by atoms with Crippen molar-refractivity contribution in [3.8, 4) is 5.75 Å². The van der Waals surface area contributed by atoms with Gasteiger partial charge in [-0.2, -0.15) is 0 Å². The highest BCUT2D eigenvalue weighted by Gasteiger charge is 2.12. The van der Waals surface area contributed by atoms with Crippen molar-refractivity contribution in [2.45, 2.75) is 25.7 Å². The molecule has 1 aromatic rings. The van der Waals surface area contributed by atoms with Crippen LogP contribution in [-0.4, -0.2) is 15.0 Å². The van der Waals surface area contributed by atoms with Crippen molar-refractivity contribution < 1.29 is 13.2 Å². The highest BCUT2D eigenvalue weighted by Crippen LogP contribution is 2.26. The lowest BCUT2D eigenvalue weighted by molar-refractivity contribution is 0.335. The van der Waals surface area contributed by atoms with E-state index in [0.717, 1.165) is 16.9 Å². The monoisotopic (exact) mass is 229 g/mol. The van der Waals surface area contributed by atoms with E-state index in [9.17, 15) is 8.42 Å². The molecule has 0 unspecified atom stereocenters. The van der Waals surface area contributed by atoms with Crippen molar-refractivity contribution in [2.75, 3.05) is 6.61 Å². The minimum Gasteiger partial charge on any atom is -0.493 e. The quantitative estimate of drug-likeness (QED) is 0.850. The SMILES string of the molecule is CCOc1c(C)cc(S(N)(=O)=O)cc1C. The molecule has 0 heterocycles. The Morgan fingerprint density at radius 3 is 2.07 bits per heavy atom. The Morgan fingerprint density at radius 1 is 1.27 bits per heavy atom. The van der Waals surface area contributed by atoms with E-state index in [0.29, 0.717) is 6.61 Å². The number of rotatable bonds is 3. The van der Waals surface area contributed by atoms with Crippen LogP contribution >= 0.6 is 0 Å². The van der Waals surface area contributed by atoms with E-state index in [2.05, 4.69) is 0 Å². The summed E-state index contributed by atoms with van der Waals surface area (Å²) in [6, 6.07) is 3.04. The molecular weight excluding hydrogens is 214 g/mol. The van der Waals surface area contributed by atoms with Crippen molar-refractivity contribution in [2.24, 2.45) is 5.14 Å². The number of ether oxygens (including phenoxy) is 1. The largest absolute Gasteiger partial charge is 0.493 e. The van der Waals surface area contributed by atoms with Crippen LogP contribution in [0.3, 0.4) is 0 Å². The molecule has 84 valence electrons. The number of nitrogens with two attached hydrogens (primary N) is 1. The van der Waals surface area contributed by atoms with Crippen molar-refractivity contribution in [3.63, 3.8) is 0 Å².